The number of benzene rings is 1. The first-order valence-corrected chi connectivity index (χ1v) is 4.86. The molecule has 1 aromatic carbocycles. The molecule has 2 rings (SSSR count). The molecule has 0 aliphatic heterocycles. The van der Waals surface area contributed by atoms with Gasteiger partial charge < -0.3 is 4.52 Å². The average Bonchev–Trinajstić information content (AvgIpc) is 2.52. The second-order valence-electron chi connectivity index (χ2n) is 2.88. The molecule has 0 saturated heterocycles. The number of aromatic nitrogens is 1. The van der Waals surface area contributed by atoms with Crippen LogP contribution in [0.15, 0.2) is 34.9 Å². The lowest BCUT2D eigenvalue weighted by Gasteiger charge is -1.96. The minimum Gasteiger partial charge on any atom is -0.342 e. The molecule has 2 nitrogen and oxygen atoms in total. The van der Waals surface area contributed by atoms with Crippen molar-refractivity contribution in [2.24, 2.45) is 0 Å². The molecular weight excluding hydrogens is 221 g/mol. The zero-order chi connectivity index (χ0) is 9.97. The van der Waals surface area contributed by atoms with E-state index in [-0.39, 0.29) is 5.22 Å². The van der Waals surface area contributed by atoms with Crippen LogP contribution in [0, 0.1) is 0 Å². The lowest BCUT2D eigenvalue weighted by Crippen LogP contribution is -1.87. The van der Waals surface area contributed by atoms with Gasteiger partial charge in [-0.25, -0.2) is 0 Å². The minimum atomic E-state index is 0.151. The third kappa shape index (κ3) is 1.91. The highest BCUT2D eigenvalue weighted by Gasteiger charge is 2.11. The summed E-state index contributed by atoms with van der Waals surface area (Å²) in [7, 11) is 0. The quantitative estimate of drug-likeness (QED) is 0.785. The Balaban J connectivity index is 2.23. The fourth-order valence-electron chi connectivity index (χ4n) is 1.19. The molecular formula is C10H7Cl2NO. The Morgan fingerprint density at radius 2 is 1.86 bits per heavy atom. The van der Waals surface area contributed by atoms with E-state index in [9.17, 15) is 0 Å². The van der Waals surface area contributed by atoms with Crippen molar-refractivity contribution < 1.29 is 4.52 Å². The molecule has 0 fully saturated rings. The number of halogens is 2. The molecule has 0 spiro atoms. The molecule has 72 valence electrons. The first-order chi connectivity index (χ1) is 6.77. The van der Waals surface area contributed by atoms with Gasteiger partial charge in [0.25, 0.3) is 0 Å². The van der Waals surface area contributed by atoms with Crippen LogP contribution in [0.3, 0.4) is 0 Å². The molecule has 0 unspecified atom stereocenters. The second kappa shape index (κ2) is 4.03. The van der Waals surface area contributed by atoms with Gasteiger partial charge in [-0.2, -0.15) is 0 Å². The van der Waals surface area contributed by atoms with Crippen molar-refractivity contribution >= 4 is 23.2 Å². The summed E-state index contributed by atoms with van der Waals surface area (Å²) in [5.74, 6) is 0. The first kappa shape index (κ1) is 9.56. The predicted molar refractivity (Wildman–Crippen MR) is 55.8 cm³/mol. The number of rotatable bonds is 2. The fraction of sp³-hybridized carbons (Fsp3) is 0.100. The van der Waals surface area contributed by atoms with Crippen LogP contribution >= 0.6 is 23.2 Å². The standard InChI is InChI=1S/C10H7Cl2NO/c11-9-8(13-14-10(9)12)6-7-4-2-1-3-5-7/h1-5H,6H2. The van der Waals surface area contributed by atoms with Gasteiger partial charge in [-0.1, -0.05) is 47.1 Å². The molecule has 0 amide bonds. The third-order valence-electron chi connectivity index (χ3n) is 1.88. The van der Waals surface area contributed by atoms with Crippen molar-refractivity contribution in [3.63, 3.8) is 0 Å². The monoisotopic (exact) mass is 227 g/mol. The molecule has 0 bridgehead atoms. The van der Waals surface area contributed by atoms with Gasteiger partial charge >= 0.3 is 0 Å². The fourth-order valence-corrected chi connectivity index (χ4v) is 1.47. The summed E-state index contributed by atoms with van der Waals surface area (Å²) in [6.07, 6.45) is 0.635. The van der Waals surface area contributed by atoms with E-state index in [2.05, 4.69) is 5.16 Å². The van der Waals surface area contributed by atoms with Crippen molar-refractivity contribution in [3.05, 3.63) is 51.8 Å². The summed E-state index contributed by atoms with van der Waals surface area (Å²) < 4.78 is 4.75. The Morgan fingerprint density at radius 3 is 2.43 bits per heavy atom. The van der Waals surface area contributed by atoms with Crippen LogP contribution in [-0.4, -0.2) is 5.16 Å². The lowest BCUT2D eigenvalue weighted by molar-refractivity contribution is 0.415. The maximum absolute atomic E-state index is 5.87. The van der Waals surface area contributed by atoms with Crippen LogP contribution in [0.1, 0.15) is 11.3 Å². The summed E-state index contributed by atoms with van der Waals surface area (Å²) in [6, 6.07) is 9.88. The summed E-state index contributed by atoms with van der Waals surface area (Å²) in [5, 5.41) is 4.32. The number of hydrogen-bond donors (Lipinski definition) is 0. The highest BCUT2D eigenvalue weighted by molar-refractivity contribution is 6.41. The Labute approximate surface area is 91.4 Å². The van der Waals surface area contributed by atoms with E-state index >= 15 is 0 Å². The van der Waals surface area contributed by atoms with E-state index in [0.717, 1.165) is 5.56 Å². The highest BCUT2D eigenvalue weighted by Crippen LogP contribution is 2.26. The van der Waals surface area contributed by atoms with Gasteiger partial charge in [-0.05, 0) is 17.2 Å². The largest absolute Gasteiger partial charge is 0.342 e. The summed E-state index contributed by atoms with van der Waals surface area (Å²) >= 11 is 11.5. The van der Waals surface area contributed by atoms with E-state index in [0.29, 0.717) is 17.1 Å². The van der Waals surface area contributed by atoms with Crippen LogP contribution in [0.4, 0.5) is 0 Å². The Morgan fingerprint density at radius 1 is 1.14 bits per heavy atom. The normalized spacial score (nSPS) is 10.4. The average molecular weight is 228 g/mol. The van der Waals surface area contributed by atoms with Gasteiger partial charge in [0.2, 0.25) is 5.22 Å². The second-order valence-corrected chi connectivity index (χ2v) is 3.60. The summed E-state index contributed by atoms with van der Waals surface area (Å²) in [6.45, 7) is 0. The maximum atomic E-state index is 5.87. The smallest absolute Gasteiger partial charge is 0.245 e. The highest BCUT2D eigenvalue weighted by atomic mass is 35.5. The molecule has 0 atom stereocenters. The van der Waals surface area contributed by atoms with E-state index in [4.69, 9.17) is 27.7 Å². The number of nitrogens with zero attached hydrogens (tertiary/aromatic N) is 1. The molecule has 14 heavy (non-hydrogen) atoms. The molecule has 2 aromatic rings. The molecule has 0 radical (unpaired) electrons. The van der Waals surface area contributed by atoms with Crippen LogP contribution in [0.25, 0.3) is 0 Å². The molecule has 1 aromatic heterocycles. The Kier molecular flexibility index (Phi) is 2.75. The van der Waals surface area contributed by atoms with Gasteiger partial charge in [-0.15, -0.1) is 0 Å². The predicted octanol–water partition coefficient (Wildman–Crippen LogP) is 3.57. The van der Waals surface area contributed by atoms with Crippen molar-refractivity contribution in [2.45, 2.75) is 6.42 Å². The first-order valence-electron chi connectivity index (χ1n) is 4.11. The maximum Gasteiger partial charge on any atom is 0.245 e. The minimum absolute atomic E-state index is 0.151. The van der Waals surface area contributed by atoms with Gasteiger partial charge in [-0.3, -0.25) is 0 Å². The molecule has 4 heteroatoms. The van der Waals surface area contributed by atoms with E-state index in [1.54, 1.807) is 0 Å². The van der Waals surface area contributed by atoms with Crippen molar-refractivity contribution in [3.8, 4) is 0 Å². The van der Waals surface area contributed by atoms with E-state index in [1.807, 2.05) is 30.3 Å². The zero-order valence-corrected chi connectivity index (χ0v) is 8.72. The van der Waals surface area contributed by atoms with E-state index in [1.165, 1.54) is 0 Å². The van der Waals surface area contributed by atoms with Crippen molar-refractivity contribution in [1.29, 1.82) is 0 Å². The van der Waals surface area contributed by atoms with Gasteiger partial charge in [0.15, 0.2) is 0 Å². The lowest BCUT2D eigenvalue weighted by atomic mass is 10.1. The van der Waals surface area contributed by atoms with Gasteiger partial charge in [0.05, 0.1) is 0 Å². The number of hydrogen-bond acceptors (Lipinski definition) is 2. The molecule has 0 aliphatic carbocycles. The summed E-state index contributed by atoms with van der Waals surface area (Å²) in [4.78, 5) is 0. The van der Waals surface area contributed by atoms with Crippen molar-refractivity contribution in [1.82, 2.24) is 5.16 Å². The Bertz CT molecular complexity index is 425. The van der Waals surface area contributed by atoms with Crippen LogP contribution in [0.2, 0.25) is 10.2 Å². The van der Waals surface area contributed by atoms with Crippen LogP contribution in [-0.2, 0) is 6.42 Å². The molecule has 1 heterocycles. The van der Waals surface area contributed by atoms with E-state index < -0.39 is 0 Å². The van der Waals surface area contributed by atoms with Gasteiger partial charge in [0, 0.05) is 6.42 Å². The van der Waals surface area contributed by atoms with Crippen molar-refractivity contribution in [2.75, 3.05) is 0 Å². The zero-order valence-electron chi connectivity index (χ0n) is 7.21. The molecule has 0 aliphatic rings. The summed E-state index contributed by atoms with van der Waals surface area (Å²) in [5.41, 5.74) is 1.79. The van der Waals surface area contributed by atoms with Gasteiger partial charge in [0.1, 0.15) is 10.7 Å². The Hall–Kier alpha value is -0.990. The van der Waals surface area contributed by atoms with Crippen LogP contribution < -0.4 is 0 Å². The third-order valence-corrected chi connectivity index (χ3v) is 2.62. The SMILES string of the molecule is Clc1onc(Cc2ccccc2)c1Cl. The molecule has 0 saturated carbocycles. The molecule has 0 N–H and O–H groups in total. The van der Waals surface area contributed by atoms with Crippen LogP contribution in [0.5, 0.6) is 0 Å². The topological polar surface area (TPSA) is 26.0 Å².